The maximum absolute atomic E-state index is 8.80. The molecule has 0 fully saturated rings. The molecule has 0 saturated heterocycles. The predicted molar refractivity (Wildman–Crippen MR) is 69.1 cm³/mol. The van der Waals surface area contributed by atoms with E-state index in [-0.39, 0.29) is 6.61 Å². The molecule has 1 heteroatoms. The van der Waals surface area contributed by atoms with Crippen molar-refractivity contribution in [1.82, 2.24) is 0 Å². The summed E-state index contributed by atoms with van der Waals surface area (Å²) in [5.41, 5.74) is 1.30. The van der Waals surface area contributed by atoms with Crippen LogP contribution in [0.5, 0.6) is 0 Å². The predicted octanol–water partition coefficient (Wildman–Crippen LogP) is 3.91. The Morgan fingerprint density at radius 3 is 1.87 bits per heavy atom. The lowest BCUT2D eigenvalue weighted by Crippen LogP contribution is -2.03. The maximum Gasteiger partial charge on any atom is 0.0459 e. The van der Waals surface area contributed by atoms with Crippen molar-refractivity contribution in [3.05, 3.63) is 35.9 Å². The first-order valence-electron chi connectivity index (χ1n) is 5.97. The molecule has 0 radical (unpaired) electrons. The van der Waals surface area contributed by atoms with Crippen molar-refractivity contribution in [1.29, 1.82) is 0 Å². The van der Waals surface area contributed by atoms with E-state index >= 15 is 0 Å². The molecule has 88 valence electrons. The zero-order valence-corrected chi connectivity index (χ0v) is 10.8. The zero-order valence-electron chi connectivity index (χ0n) is 10.8. The van der Waals surface area contributed by atoms with Gasteiger partial charge in [0.25, 0.3) is 0 Å². The maximum atomic E-state index is 8.80. The van der Waals surface area contributed by atoms with Gasteiger partial charge in [0, 0.05) is 6.61 Å². The van der Waals surface area contributed by atoms with E-state index in [0.717, 1.165) is 6.42 Å². The fourth-order valence-corrected chi connectivity index (χ4v) is 1.08. The molecule has 1 aromatic carbocycles. The van der Waals surface area contributed by atoms with Gasteiger partial charge in [-0.1, -0.05) is 65.0 Å². The summed E-state index contributed by atoms with van der Waals surface area (Å²) in [4.78, 5) is 0. The third-order valence-electron chi connectivity index (χ3n) is 1.74. The van der Waals surface area contributed by atoms with Gasteiger partial charge in [-0.3, -0.25) is 0 Å². The monoisotopic (exact) mass is 210 g/mol. The molecule has 0 aromatic heterocycles. The minimum absolute atomic E-state index is 0.273. The van der Waals surface area contributed by atoms with E-state index in [2.05, 4.69) is 12.1 Å². The number of aliphatic hydroxyl groups is 1. The Bertz CT molecular complexity index is 194. The molecule has 0 saturated carbocycles. The van der Waals surface area contributed by atoms with Crippen LogP contribution >= 0.6 is 0 Å². The van der Waals surface area contributed by atoms with Crippen molar-refractivity contribution in [2.75, 3.05) is 6.61 Å². The molecule has 0 aliphatic carbocycles. The quantitative estimate of drug-likeness (QED) is 0.802. The molecule has 0 spiro atoms. The number of rotatable bonds is 3. The number of hydrogen-bond donors (Lipinski definition) is 1. The topological polar surface area (TPSA) is 20.2 Å². The van der Waals surface area contributed by atoms with Crippen molar-refractivity contribution in [2.45, 2.75) is 41.0 Å². The molecule has 1 atom stereocenters. The summed E-state index contributed by atoms with van der Waals surface area (Å²) in [5, 5.41) is 8.80. The van der Waals surface area contributed by atoms with Gasteiger partial charge in [-0.2, -0.15) is 0 Å². The third-order valence-corrected chi connectivity index (χ3v) is 1.74. The first kappa shape index (κ1) is 16.6. The van der Waals surface area contributed by atoms with Crippen LogP contribution in [-0.4, -0.2) is 11.7 Å². The SMILES string of the molecule is CC.CC.CC(CO)Cc1ccccc1. The van der Waals surface area contributed by atoms with Gasteiger partial charge in [-0.25, -0.2) is 0 Å². The average Bonchev–Trinajstić information content (AvgIpc) is 2.35. The second-order valence-electron chi connectivity index (χ2n) is 2.98. The molecule has 0 amide bonds. The summed E-state index contributed by atoms with van der Waals surface area (Å²) in [5.74, 6) is 0.373. The van der Waals surface area contributed by atoms with Gasteiger partial charge < -0.3 is 5.11 Å². The minimum atomic E-state index is 0.273. The Labute approximate surface area is 95.2 Å². The van der Waals surface area contributed by atoms with Gasteiger partial charge in [-0.05, 0) is 17.9 Å². The van der Waals surface area contributed by atoms with Gasteiger partial charge in [-0.15, -0.1) is 0 Å². The number of benzene rings is 1. The van der Waals surface area contributed by atoms with Crippen LogP contribution in [0, 0.1) is 5.92 Å². The van der Waals surface area contributed by atoms with Gasteiger partial charge in [0.15, 0.2) is 0 Å². The third kappa shape index (κ3) is 9.48. The Morgan fingerprint density at radius 1 is 1.00 bits per heavy atom. The van der Waals surface area contributed by atoms with Crippen LogP contribution < -0.4 is 0 Å². The summed E-state index contributed by atoms with van der Waals surface area (Å²) in [6.07, 6.45) is 0.970. The highest BCUT2D eigenvalue weighted by Gasteiger charge is 1.99. The lowest BCUT2D eigenvalue weighted by Gasteiger charge is -2.06. The summed E-state index contributed by atoms with van der Waals surface area (Å²) in [6.45, 7) is 10.3. The number of aliphatic hydroxyl groups excluding tert-OH is 1. The molecule has 1 nitrogen and oxygen atoms in total. The van der Waals surface area contributed by atoms with Crippen LogP contribution in [0.25, 0.3) is 0 Å². The van der Waals surface area contributed by atoms with E-state index in [9.17, 15) is 0 Å². The molecule has 1 rings (SSSR count). The van der Waals surface area contributed by atoms with E-state index in [1.165, 1.54) is 5.56 Å². The molecule has 0 aliphatic rings. The molecular weight excluding hydrogens is 184 g/mol. The van der Waals surface area contributed by atoms with E-state index in [1.54, 1.807) is 0 Å². The minimum Gasteiger partial charge on any atom is -0.396 e. The molecule has 1 N–H and O–H groups in total. The van der Waals surface area contributed by atoms with Crippen LogP contribution in [0.15, 0.2) is 30.3 Å². The van der Waals surface area contributed by atoms with Gasteiger partial charge in [0.05, 0.1) is 0 Å². The van der Waals surface area contributed by atoms with Crippen molar-refractivity contribution in [3.63, 3.8) is 0 Å². The zero-order chi connectivity index (χ0) is 12.1. The summed E-state index contributed by atoms with van der Waals surface area (Å²) in [7, 11) is 0. The van der Waals surface area contributed by atoms with Gasteiger partial charge >= 0.3 is 0 Å². The summed E-state index contributed by atoms with van der Waals surface area (Å²) < 4.78 is 0. The highest BCUT2D eigenvalue weighted by atomic mass is 16.3. The van der Waals surface area contributed by atoms with Gasteiger partial charge in [0.2, 0.25) is 0 Å². The second kappa shape index (κ2) is 13.2. The largest absolute Gasteiger partial charge is 0.396 e. The second-order valence-corrected chi connectivity index (χ2v) is 2.98. The van der Waals surface area contributed by atoms with Crippen LogP contribution in [0.1, 0.15) is 40.2 Å². The standard InChI is InChI=1S/C10H14O.2C2H6/c1-9(8-11)7-10-5-3-2-4-6-10;2*1-2/h2-6,9,11H,7-8H2,1H3;2*1-2H3. The lowest BCUT2D eigenvalue weighted by molar-refractivity contribution is 0.237. The first-order chi connectivity index (χ1) is 7.33. The van der Waals surface area contributed by atoms with Crippen molar-refractivity contribution in [3.8, 4) is 0 Å². The van der Waals surface area contributed by atoms with Crippen molar-refractivity contribution < 1.29 is 5.11 Å². The van der Waals surface area contributed by atoms with Crippen LogP contribution in [0.4, 0.5) is 0 Å². The molecule has 1 unspecified atom stereocenters. The average molecular weight is 210 g/mol. The fraction of sp³-hybridized carbons (Fsp3) is 0.571. The van der Waals surface area contributed by atoms with Crippen molar-refractivity contribution in [2.24, 2.45) is 5.92 Å². The highest BCUT2D eigenvalue weighted by Crippen LogP contribution is 2.06. The molecule has 0 bridgehead atoms. The number of hydrogen-bond acceptors (Lipinski definition) is 1. The molecule has 0 aliphatic heterocycles. The van der Waals surface area contributed by atoms with Crippen LogP contribution in [0.2, 0.25) is 0 Å². The molecule has 1 aromatic rings. The van der Waals surface area contributed by atoms with Gasteiger partial charge in [0.1, 0.15) is 0 Å². The molecule has 15 heavy (non-hydrogen) atoms. The Kier molecular flexibility index (Phi) is 14.6. The fourth-order valence-electron chi connectivity index (χ4n) is 1.08. The van der Waals surface area contributed by atoms with E-state index in [1.807, 2.05) is 52.8 Å². The molecular formula is C14H26O. The van der Waals surface area contributed by atoms with Crippen LogP contribution in [-0.2, 0) is 6.42 Å². The highest BCUT2D eigenvalue weighted by molar-refractivity contribution is 5.14. The normalized spacial score (nSPS) is 10.3. The summed E-state index contributed by atoms with van der Waals surface area (Å²) in [6, 6.07) is 10.2. The first-order valence-corrected chi connectivity index (χ1v) is 5.97. The Morgan fingerprint density at radius 2 is 1.47 bits per heavy atom. The van der Waals surface area contributed by atoms with Crippen LogP contribution in [0.3, 0.4) is 0 Å². The Hall–Kier alpha value is -0.820. The van der Waals surface area contributed by atoms with E-state index in [0.29, 0.717) is 5.92 Å². The molecule has 0 heterocycles. The Balaban J connectivity index is 0. The van der Waals surface area contributed by atoms with E-state index in [4.69, 9.17) is 5.11 Å². The van der Waals surface area contributed by atoms with Crippen molar-refractivity contribution >= 4 is 0 Å². The lowest BCUT2D eigenvalue weighted by atomic mass is 10.0. The smallest absolute Gasteiger partial charge is 0.0459 e. The van der Waals surface area contributed by atoms with E-state index < -0.39 is 0 Å². The summed E-state index contributed by atoms with van der Waals surface area (Å²) >= 11 is 0.